The molecule has 4 heteroatoms. The molecule has 2 aliphatic rings. The minimum Gasteiger partial charge on any atom is -0.383 e. The van der Waals surface area contributed by atoms with Crippen LogP contribution in [0.5, 0.6) is 0 Å². The molecule has 0 N–H and O–H groups in total. The molecular weight excluding hydrogens is 312 g/mol. The number of carbonyl (C=O) groups is 1. The van der Waals surface area contributed by atoms with Gasteiger partial charge in [0.2, 0.25) is 5.91 Å². The van der Waals surface area contributed by atoms with Crippen LogP contribution >= 0.6 is 0 Å². The molecule has 0 aliphatic carbocycles. The predicted molar refractivity (Wildman–Crippen MR) is 101 cm³/mol. The zero-order chi connectivity index (χ0) is 17.5. The number of aryl methyl sites for hydroxylation is 1. The van der Waals surface area contributed by atoms with Crippen LogP contribution in [0.3, 0.4) is 0 Å². The molecule has 0 saturated carbocycles. The van der Waals surface area contributed by atoms with Crippen molar-refractivity contribution in [2.45, 2.75) is 50.5 Å². The Hall–Kier alpha value is -1.39. The lowest BCUT2D eigenvalue weighted by Gasteiger charge is -2.44. The lowest BCUT2D eigenvalue weighted by Crippen LogP contribution is -2.60. The van der Waals surface area contributed by atoms with Gasteiger partial charge in [-0.2, -0.15) is 0 Å². The summed E-state index contributed by atoms with van der Waals surface area (Å²) >= 11 is 0. The molecule has 1 spiro atoms. The first kappa shape index (κ1) is 18.4. The Balaban J connectivity index is 1.53. The zero-order valence-corrected chi connectivity index (χ0v) is 15.6. The van der Waals surface area contributed by atoms with Crippen molar-refractivity contribution in [1.29, 1.82) is 0 Å². The van der Waals surface area contributed by atoms with E-state index in [0.717, 1.165) is 58.3 Å². The number of amides is 1. The monoisotopic (exact) mass is 344 g/mol. The molecule has 1 aromatic carbocycles. The Morgan fingerprint density at radius 2 is 1.80 bits per heavy atom. The number of hydrogen-bond donors (Lipinski definition) is 0. The quantitative estimate of drug-likeness (QED) is 0.679. The maximum Gasteiger partial charge on any atom is 0.243 e. The topological polar surface area (TPSA) is 32.8 Å². The third kappa shape index (κ3) is 4.24. The van der Waals surface area contributed by atoms with Crippen LogP contribution in [-0.4, -0.2) is 61.1 Å². The van der Waals surface area contributed by atoms with Crippen LogP contribution in [0.2, 0.25) is 0 Å². The van der Waals surface area contributed by atoms with E-state index in [0.29, 0.717) is 12.5 Å². The number of unbranched alkanes of at least 4 members (excludes halogenated alkanes) is 1. The molecular formula is C21H32N2O2. The second kappa shape index (κ2) is 8.81. The van der Waals surface area contributed by atoms with E-state index in [1.807, 2.05) is 4.90 Å². The Bertz CT molecular complexity index is 548. The number of methoxy groups -OCH3 is 1. The van der Waals surface area contributed by atoms with E-state index < -0.39 is 0 Å². The summed E-state index contributed by atoms with van der Waals surface area (Å²) in [6.07, 6.45) is 7.84. The normalized spacial score (nSPS) is 24.4. The van der Waals surface area contributed by atoms with Crippen molar-refractivity contribution in [3.63, 3.8) is 0 Å². The summed E-state index contributed by atoms with van der Waals surface area (Å²) in [5.41, 5.74) is 1.21. The molecule has 3 rings (SSSR count). The van der Waals surface area contributed by atoms with Gasteiger partial charge in [0.1, 0.15) is 5.54 Å². The van der Waals surface area contributed by atoms with Gasteiger partial charge in [-0.1, -0.05) is 30.3 Å². The van der Waals surface area contributed by atoms with Crippen molar-refractivity contribution in [1.82, 2.24) is 9.80 Å². The second-order valence-corrected chi connectivity index (χ2v) is 7.45. The maximum atomic E-state index is 13.1. The first-order valence-electron chi connectivity index (χ1n) is 9.83. The van der Waals surface area contributed by atoms with Gasteiger partial charge < -0.3 is 9.64 Å². The third-order valence-electron chi connectivity index (χ3n) is 5.88. The fourth-order valence-corrected chi connectivity index (χ4v) is 4.54. The summed E-state index contributed by atoms with van der Waals surface area (Å²) in [6, 6.07) is 10.7. The van der Waals surface area contributed by atoms with E-state index in [4.69, 9.17) is 4.74 Å². The maximum absolute atomic E-state index is 13.1. The van der Waals surface area contributed by atoms with Crippen molar-refractivity contribution in [2.75, 3.05) is 39.9 Å². The molecule has 0 bridgehead atoms. The number of hydrogen-bond acceptors (Lipinski definition) is 3. The zero-order valence-electron chi connectivity index (χ0n) is 15.6. The number of likely N-dealkylation sites (tertiary alicyclic amines) is 2. The van der Waals surface area contributed by atoms with Gasteiger partial charge in [0.05, 0.1) is 6.61 Å². The molecule has 2 heterocycles. The number of ether oxygens (including phenoxy) is 1. The summed E-state index contributed by atoms with van der Waals surface area (Å²) < 4.78 is 5.18. The number of piperidine rings is 1. The molecule has 1 aromatic rings. The highest BCUT2D eigenvalue weighted by Crippen LogP contribution is 2.38. The smallest absolute Gasteiger partial charge is 0.243 e. The summed E-state index contributed by atoms with van der Waals surface area (Å²) in [5, 5.41) is 0. The van der Waals surface area contributed by atoms with Crippen LogP contribution in [0, 0.1) is 0 Å². The van der Waals surface area contributed by atoms with Crippen LogP contribution in [0.4, 0.5) is 0 Å². The van der Waals surface area contributed by atoms with Crippen molar-refractivity contribution in [2.24, 2.45) is 0 Å². The van der Waals surface area contributed by atoms with Gasteiger partial charge in [-0.05, 0) is 63.6 Å². The van der Waals surface area contributed by atoms with E-state index in [2.05, 4.69) is 35.2 Å². The largest absolute Gasteiger partial charge is 0.383 e. The van der Waals surface area contributed by atoms with E-state index >= 15 is 0 Å². The van der Waals surface area contributed by atoms with Gasteiger partial charge >= 0.3 is 0 Å². The van der Waals surface area contributed by atoms with E-state index in [1.165, 1.54) is 18.4 Å². The first-order chi connectivity index (χ1) is 12.3. The highest BCUT2D eigenvalue weighted by atomic mass is 16.5. The van der Waals surface area contributed by atoms with Gasteiger partial charge in [0, 0.05) is 20.2 Å². The van der Waals surface area contributed by atoms with Gasteiger partial charge in [-0.15, -0.1) is 0 Å². The molecule has 1 amide bonds. The number of rotatable bonds is 8. The number of nitrogens with zero attached hydrogens (tertiary/aromatic N) is 2. The van der Waals surface area contributed by atoms with Crippen molar-refractivity contribution < 1.29 is 9.53 Å². The van der Waals surface area contributed by atoms with Gasteiger partial charge in [0.15, 0.2) is 0 Å². The molecule has 2 aliphatic heterocycles. The molecule has 1 atom stereocenters. The number of benzene rings is 1. The molecule has 138 valence electrons. The van der Waals surface area contributed by atoms with Crippen LogP contribution in [-0.2, 0) is 16.0 Å². The molecule has 4 nitrogen and oxygen atoms in total. The molecule has 2 saturated heterocycles. The van der Waals surface area contributed by atoms with E-state index in [-0.39, 0.29) is 5.54 Å². The number of carbonyl (C=O) groups excluding carboxylic acids is 1. The Morgan fingerprint density at radius 1 is 1.04 bits per heavy atom. The molecule has 25 heavy (non-hydrogen) atoms. The fourth-order valence-electron chi connectivity index (χ4n) is 4.54. The SMILES string of the molecule is COCCN1CCCC2(CCCN2CCCCc2ccccc2)C1=O. The minimum atomic E-state index is -0.210. The molecule has 0 radical (unpaired) electrons. The fraction of sp³-hybridized carbons (Fsp3) is 0.667. The van der Waals surface area contributed by atoms with Crippen LogP contribution in [0.1, 0.15) is 44.1 Å². The Labute approximate surface area is 152 Å². The lowest BCUT2D eigenvalue weighted by molar-refractivity contribution is -0.148. The highest BCUT2D eigenvalue weighted by molar-refractivity contribution is 5.87. The van der Waals surface area contributed by atoms with Gasteiger partial charge in [-0.3, -0.25) is 9.69 Å². The van der Waals surface area contributed by atoms with Crippen LogP contribution in [0.25, 0.3) is 0 Å². The van der Waals surface area contributed by atoms with Gasteiger partial charge in [0.25, 0.3) is 0 Å². The van der Waals surface area contributed by atoms with Crippen LogP contribution < -0.4 is 0 Å². The predicted octanol–water partition coefficient (Wildman–Crippen LogP) is 3.11. The average Bonchev–Trinajstić information content (AvgIpc) is 3.04. The minimum absolute atomic E-state index is 0.210. The summed E-state index contributed by atoms with van der Waals surface area (Å²) in [6.45, 7) is 4.40. The van der Waals surface area contributed by atoms with Crippen molar-refractivity contribution in [3.8, 4) is 0 Å². The summed E-state index contributed by atoms with van der Waals surface area (Å²) in [7, 11) is 1.71. The molecule has 2 fully saturated rings. The van der Waals surface area contributed by atoms with Crippen LogP contribution in [0.15, 0.2) is 30.3 Å². The Morgan fingerprint density at radius 3 is 2.56 bits per heavy atom. The molecule has 1 unspecified atom stereocenters. The Kier molecular flexibility index (Phi) is 6.49. The second-order valence-electron chi connectivity index (χ2n) is 7.45. The molecule has 0 aromatic heterocycles. The third-order valence-corrected chi connectivity index (χ3v) is 5.88. The summed E-state index contributed by atoms with van der Waals surface area (Å²) in [5.74, 6) is 0.358. The van der Waals surface area contributed by atoms with Crippen molar-refractivity contribution in [3.05, 3.63) is 35.9 Å². The highest BCUT2D eigenvalue weighted by Gasteiger charge is 2.50. The van der Waals surface area contributed by atoms with E-state index in [9.17, 15) is 4.79 Å². The first-order valence-corrected chi connectivity index (χ1v) is 9.83. The standard InChI is InChI=1S/C21H32N2O2/c1-25-18-17-22-14-7-12-21(20(22)24)13-8-16-23(21)15-6-5-11-19-9-3-2-4-10-19/h2-4,9-10H,5-8,11-18H2,1H3. The lowest BCUT2D eigenvalue weighted by atomic mass is 9.85. The average molecular weight is 344 g/mol. The summed E-state index contributed by atoms with van der Waals surface area (Å²) in [4.78, 5) is 17.7. The van der Waals surface area contributed by atoms with E-state index in [1.54, 1.807) is 7.11 Å². The van der Waals surface area contributed by atoms with Crippen molar-refractivity contribution >= 4 is 5.91 Å². The van der Waals surface area contributed by atoms with Gasteiger partial charge in [-0.25, -0.2) is 0 Å².